The molecule has 0 N–H and O–H groups in total. The number of carbonyl (C=O) groups is 4. The first-order chi connectivity index (χ1) is 17.6. The van der Waals surface area contributed by atoms with Gasteiger partial charge in [0.15, 0.2) is 0 Å². The molecule has 0 aromatic heterocycles. The van der Waals surface area contributed by atoms with Gasteiger partial charge in [-0.2, -0.15) is 0 Å². The lowest BCUT2D eigenvalue weighted by Gasteiger charge is -2.29. The minimum atomic E-state index is -0.620. The first-order valence-corrected chi connectivity index (χ1v) is 14.3. The Morgan fingerprint density at radius 1 is 0.973 bits per heavy atom. The van der Waals surface area contributed by atoms with Gasteiger partial charge in [-0.25, -0.2) is 4.90 Å². The van der Waals surface area contributed by atoms with Crippen molar-refractivity contribution < 1.29 is 23.9 Å². The fourth-order valence-electron chi connectivity index (χ4n) is 5.46. The van der Waals surface area contributed by atoms with Crippen molar-refractivity contribution in [2.45, 2.75) is 42.8 Å². The molecule has 0 spiro atoms. The zero-order valence-electron chi connectivity index (χ0n) is 20.2. The van der Waals surface area contributed by atoms with E-state index < -0.39 is 11.9 Å². The Labute approximate surface area is 236 Å². The van der Waals surface area contributed by atoms with E-state index in [9.17, 15) is 19.2 Å². The molecular weight excluding hydrogens is 628 g/mol. The summed E-state index contributed by atoms with van der Waals surface area (Å²) in [6.07, 6.45) is 1.25. The Balaban J connectivity index is 1.29. The van der Waals surface area contributed by atoms with Gasteiger partial charge in [0.2, 0.25) is 17.7 Å². The van der Waals surface area contributed by atoms with Gasteiger partial charge in [0.25, 0.3) is 0 Å². The van der Waals surface area contributed by atoms with Gasteiger partial charge in [0.05, 0.1) is 23.4 Å². The molecule has 2 aromatic rings. The van der Waals surface area contributed by atoms with Crippen LogP contribution in [0.25, 0.3) is 0 Å². The number of fused-ring (bicyclic) bond motifs is 1. The number of imide groups is 1. The smallest absolute Gasteiger partial charge is 0.316 e. The van der Waals surface area contributed by atoms with Crippen molar-refractivity contribution in [3.8, 4) is 5.75 Å². The molecule has 2 aromatic carbocycles. The van der Waals surface area contributed by atoms with Gasteiger partial charge in [-0.3, -0.25) is 19.2 Å². The highest BCUT2D eigenvalue weighted by molar-refractivity contribution is 9.12. The number of carbonyl (C=O) groups excluding carboxylic acids is 4. The molecule has 194 valence electrons. The van der Waals surface area contributed by atoms with E-state index >= 15 is 0 Å². The molecule has 1 aliphatic carbocycles. The number of hydrogen-bond donors (Lipinski definition) is 0. The van der Waals surface area contributed by atoms with Crippen molar-refractivity contribution >= 4 is 78.5 Å². The summed E-state index contributed by atoms with van der Waals surface area (Å²) in [7, 11) is 0. The third-order valence-corrected chi connectivity index (χ3v) is 10.7. The van der Waals surface area contributed by atoms with Crippen molar-refractivity contribution in [1.82, 2.24) is 0 Å². The second-order valence-corrected chi connectivity index (χ2v) is 12.6. The summed E-state index contributed by atoms with van der Waals surface area (Å²) in [5.41, 5.74) is 2.61. The summed E-state index contributed by atoms with van der Waals surface area (Å²) < 4.78 is 5.62. The first-order valence-electron chi connectivity index (χ1n) is 12.1. The molecule has 2 heterocycles. The van der Waals surface area contributed by atoms with Crippen molar-refractivity contribution in [3.05, 3.63) is 52.5 Å². The average molecular weight is 653 g/mol. The lowest BCUT2D eigenvalue weighted by Crippen LogP contribution is -2.34. The van der Waals surface area contributed by atoms with E-state index in [4.69, 9.17) is 16.3 Å². The van der Waals surface area contributed by atoms with E-state index in [-0.39, 0.29) is 52.2 Å². The molecule has 3 fully saturated rings. The van der Waals surface area contributed by atoms with Gasteiger partial charge in [-0.1, -0.05) is 49.5 Å². The fraction of sp³-hybridized carbons (Fsp3) is 0.407. The number of amides is 3. The maximum absolute atomic E-state index is 13.2. The number of benzene rings is 2. The lowest BCUT2D eigenvalue weighted by atomic mass is 9.81. The van der Waals surface area contributed by atoms with Crippen molar-refractivity contribution in [2.75, 3.05) is 16.3 Å². The van der Waals surface area contributed by atoms with Crippen LogP contribution in [-0.4, -0.2) is 39.9 Å². The molecule has 10 heteroatoms. The summed E-state index contributed by atoms with van der Waals surface area (Å²) in [6, 6.07) is 10.2. The Morgan fingerprint density at radius 2 is 1.62 bits per heavy atom. The molecule has 0 radical (unpaired) electrons. The van der Waals surface area contributed by atoms with Crippen LogP contribution in [0.15, 0.2) is 36.4 Å². The lowest BCUT2D eigenvalue weighted by molar-refractivity contribution is -0.139. The highest BCUT2D eigenvalue weighted by atomic mass is 79.9. The topological polar surface area (TPSA) is 84.0 Å². The summed E-state index contributed by atoms with van der Waals surface area (Å²) in [5, 5.41) is 0.556. The summed E-state index contributed by atoms with van der Waals surface area (Å²) in [6.45, 7) is 3.82. The summed E-state index contributed by atoms with van der Waals surface area (Å²) in [4.78, 5) is 55.0. The van der Waals surface area contributed by atoms with Crippen molar-refractivity contribution in [3.63, 3.8) is 0 Å². The number of alkyl halides is 2. The normalized spacial score (nSPS) is 27.6. The third kappa shape index (κ3) is 4.74. The summed E-state index contributed by atoms with van der Waals surface area (Å²) in [5.74, 6) is -2.04. The van der Waals surface area contributed by atoms with Crippen LogP contribution in [0.2, 0.25) is 5.02 Å². The average Bonchev–Trinajstić information content (AvgIpc) is 3.34. The number of halogens is 3. The molecule has 2 saturated heterocycles. The van der Waals surface area contributed by atoms with Crippen LogP contribution >= 0.6 is 43.5 Å². The molecule has 37 heavy (non-hydrogen) atoms. The molecule has 1 saturated carbocycles. The predicted octanol–water partition coefficient (Wildman–Crippen LogP) is 5.34. The van der Waals surface area contributed by atoms with Gasteiger partial charge in [-0.05, 0) is 68.1 Å². The van der Waals surface area contributed by atoms with Crippen LogP contribution in [0.5, 0.6) is 5.75 Å². The highest BCUT2D eigenvalue weighted by Gasteiger charge is 2.52. The zero-order chi connectivity index (χ0) is 26.6. The van der Waals surface area contributed by atoms with Gasteiger partial charge in [0, 0.05) is 33.3 Å². The van der Waals surface area contributed by atoms with Crippen LogP contribution in [-0.2, 0) is 19.2 Å². The molecule has 0 unspecified atom stereocenters. The largest absolute Gasteiger partial charge is 0.426 e. The van der Waals surface area contributed by atoms with E-state index in [1.165, 1.54) is 4.90 Å². The molecule has 0 bridgehead atoms. The van der Waals surface area contributed by atoms with Crippen LogP contribution in [0.1, 0.15) is 30.4 Å². The maximum atomic E-state index is 13.2. The van der Waals surface area contributed by atoms with E-state index in [1.807, 2.05) is 13.0 Å². The first kappa shape index (κ1) is 26.4. The quantitative estimate of drug-likeness (QED) is 0.193. The van der Waals surface area contributed by atoms with Gasteiger partial charge >= 0.3 is 5.97 Å². The zero-order valence-corrected chi connectivity index (χ0v) is 24.2. The predicted molar refractivity (Wildman–Crippen MR) is 148 cm³/mol. The van der Waals surface area contributed by atoms with Crippen LogP contribution in [0, 0.1) is 31.6 Å². The Hall–Kier alpha value is -2.23. The number of rotatable bonds is 4. The van der Waals surface area contributed by atoms with Crippen LogP contribution in [0.3, 0.4) is 0 Å². The minimum Gasteiger partial charge on any atom is -0.426 e. The number of esters is 1. The number of anilines is 2. The van der Waals surface area contributed by atoms with Gasteiger partial charge < -0.3 is 9.64 Å². The summed E-state index contributed by atoms with van der Waals surface area (Å²) >= 11 is 13.4. The fourth-order valence-corrected chi connectivity index (χ4v) is 6.87. The number of nitrogens with zero attached hydrogens (tertiary/aromatic N) is 2. The van der Waals surface area contributed by atoms with E-state index in [0.717, 1.165) is 5.56 Å². The molecule has 2 aliphatic heterocycles. The monoisotopic (exact) mass is 650 g/mol. The van der Waals surface area contributed by atoms with Crippen molar-refractivity contribution in [2.24, 2.45) is 17.8 Å². The van der Waals surface area contributed by atoms with Gasteiger partial charge in [0.1, 0.15) is 5.75 Å². The van der Waals surface area contributed by atoms with Gasteiger partial charge in [-0.15, -0.1) is 0 Å². The maximum Gasteiger partial charge on any atom is 0.316 e. The second-order valence-electron chi connectivity index (χ2n) is 9.89. The molecule has 5 atom stereocenters. The van der Waals surface area contributed by atoms with Crippen LogP contribution in [0.4, 0.5) is 11.4 Å². The van der Waals surface area contributed by atoms with E-state index in [0.29, 0.717) is 40.6 Å². The number of aryl methyl sites for hydroxylation is 1. The Morgan fingerprint density at radius 3 is 2.24 bits per heavy atom. The van der Waals surface area contributed by atoms with Crippen LogP contribution < -0.4 is 14.5 Å². The third-order valence-electron chi connectivity index (χ3n) is 7.53. The molecule has 3 amide bonds. The molecule has 5 rings (SSSR count). The SMILES string of the molecule is Cc1cc(OC(=O)[C@@H]2CC(=O)N(c3cccc(Cl)c3C)C2)ccc1N1C(=O)[C@H]2C[C@H](Br)[C@@H](Br)C[C@H]2C1=O. The molecular formula is C27H25Br2ClN2O5. The standard InChI is InChI=1S/C27H25Br2ClN2O5/c1-13-8-16(6-7-22(13)32-25(34)17-10-19(28)20(29)11-18(17)26(32)35)37-27(36)15-9-24(33)31(12-15)23-5-3-4-21(30)14(23)2/h3-8,15,17-20H,9-12H2,1-2H3/t15-,17-,18+,19+,20+/m1/s1. The number of ether oxygens (including phenoxy) is 1. The van der Waals surface area contributed by atoms with E-state index in [1.54, 1.807) is 42.2 Å². The highest BCUT2D eigenvalue weighted by Crippen LogP contribution is 2.45. The molecule has 7 nitrogen and oxygen atoms in total. The number of hydrogen-bond acceptors (Lipinski definition) is 5. The second kappa shape index (κ2) is 10.2. The molecule has 3 aliphatic rings. The Bertz CT molecular complexity index is 1290. The Kier molecular flexibility index (Phi) is 7.24. The minimum absolute atomic E-state index is 0.0462. The van der Waals surface area contributed by atoms with Crippen molar-refractivity contribution in [1.29, 1.82) is 0 Å². The van der Waals surface area contributed by atoms with E-state index in [2.05, 4.69) is 31.9 Å².